The average Bonchev–Trinajstić information content (AvgIpc) is 3.36. The molecule has 1 aromatic rings. The molecule has 3 rings (SSSR count). The van der Waals surface area contributed by atoms with Gasteiger partial charge in [0.1, 0.15) is 5.75 Å². The van der Waals surface area contributed by atoms with Gasteiger partial charge in [-0.2, -0.15) is 0 Å². The number of halogens is 2. The van der Waals surface area contributed by atoms with Gasteiger partial charge in [0, 0.05) is 29.2 Å². The van der Waals surface area contributed by atoms with E-state index in [1.807, 2.05) is 4.90 Å². The fraction of sp³-hybridized carbons (Fsp3) is 0.611. The van der Waals surface area contributed by atoms with Gasteiger partial charge in [-0.3, -0.25) is 4.79 Å². The number of nitrogens with one attached hydrogen (secondary N) is 1. The molecule has 1 heterocycles. The van der Waals surface area contributed by atoms with Crippen molar-refractivity contribution in [1.29, 1.82) is 0 Å². The lowest BCUT2D eigenvalue weighted by atomic mass is 10.0. The van der Waals surface area contributed by atoms with Crippen LogP contribution in [0.15, 0.2) is 18.2 Å². The first-order chi connectivity index (χ1) is 11.5. The molecular weight excluding hydrogens is 347 g/mol. The molecule has 1 aliphatic heterocycles. The highest BCUT2D eigenvalue weighted by Crippen LogP contribution is 2.28. The summed E-state index contributed by atoms with van der Waals surface area (Å²) in [6, 6.07) is 5.52. The van der Waals surface area contributed by atoms with E-state index in [2.05, 4.69) is 5.32 Å². The summed E-state index contributed by atoms with van der Waals surface area (Å²) in [5, 5.41) is 4.63. The Balaban J connectivity index is 1.46. The van der Waals surface area contributed by atoms with Gasteiger partial charge in [-0.1, -0.05) is 23.2 Å². The van der Waals surface area contributed by atoms with E-state index in [1.165, 1.54) is 12.8 Å². The number of benzene rings is 1. The van der Waals surface area contributed by atoms with Crippen LogP contribution in [0.1, 0.15) is 32.6 Å². The summed E-state index contributed by atoms with van der Waals surface area (Å²) in [7, 11) is 0. The standard InChI is InChI=1S/C18H24Cl2N2O2/c1-12(24-17-9-14(19)8-15(20)10-17)18(23)22-6-4-16(5-7-22)21-11-13-2-3-13/h8-10,12-13,16,21H,2-7,11H2,1H3. The summed E-state index contributed by atoms with van der Waals surface area (Å²) in [4.78, 5) is 14.5. The molecule has 1 aliphatic carbocycles. The second-order valence-electron chi connectivity index (χ2n) is 6.82. The maximum atomic E-state index is 12.6. The summed E-state index contributed by atoms with van der Waals surface area (Å²) in [6.45, 7) is 4.47. The maximum Gasteiger partial charge on any atom is 0.263 e. The van der Waals surface area contributed by atoms with Crippen LogP contribution >= 0.6 is 23.2 Å². The third kappa shape index (κ3) is 5.01. The Bertz CT molecular complexity index is 564. The molecule has 1 atom stereocenters. The predicted molar refractivity (Wildman–Crippen MR) is 96.9 cm³/mol. The molecule has 1 aromatic carbocycles. The van der Waals surface area contributed by atoms with Crippen molar-refractivity contribution in [1.82, 2.24) is 10.2 Å². The zero-order chi connectivity index (χ0) is 17.1. The minimum atomic E-state index is -0.546. The molecule has 1 saturated carbocycles. The Morgan fingerprint density at radius 3 is 2.42 bits per heavy atom. The van der Waals surface area contributed by atoms with Crippen molar-refractivity contribution in [2.24, 2.45) is 5.92 Å². The van der Waals surface area contributed by atoms with Gasteiger partial charge >= 0.3 is 0 Å². The molecule has 4 nitrogen and oxygen atoms in total. The third-order valence-electron chi connectivity index (χ3n) is 4.70. The number of piperidine rings is 1. The molecule has 24 heavy (non-hydrogen) atoms. The predicted octanol–water partition coefficient (Wildman–Crippen LogP) is 3.75. The van der Waals surface area contributed by atoms with E-state index in [-0.39, 0.29) is 5.91 Å². The lowest BCUT2D eigenvalue weighted by Gasteiger charge is -2.34. The van der Waals surface area contributed by atoms with Crippen molar-refractivity contribution in [3.05, 3.63) is 28.2 Å². The van der Waals surface area contributed by atoms with E-state index in [0.717, 1.165) is 38.4 Å². The molecule has 1 unspecified atom stereocenters. The molecule has 1 saturated heterocycles. The lowest BCUT2D eigenvalue weighted by Crippen LogP contribution is -2.48. The van der Waals surface area contributed by atoms with Crippen molar-refractivity contribution in [3.63, 3.8) is 0 Å². The van der Waals surface area contributed by atoms with E-state index in [0.29, 0.717) is 21.8 Å². The zero-order valence-corrected chi connectivity index (χ0v) is 15.4. The number of hydrogen-bond acceptors (Lipinski definition) is 3. The number of rotatable bonds is 6. The molecule has 6 heteroatoms. The van der Waals surface area contributed by atoms with Crippen LogP contribution in [0, 0.1) is 5.92 Å². The van der Waals surface area contributed by atoms with Gasteiger partial charge < -0.3 is 15.0 Å². The van der Waals surface area contributed by atoms with Crippen molar-refractivity contribution < 1.29 is 9.53 Å². The first-order valence-electron chi connectivity index (χ1n) is 8.66. The first kappa shape index (κ1) is 17.8. The minimum Gasteiger partial charge on any atom is -0.481 e. The molecule has 0 spiro atoms. The van der Waals surface area contributed by atoms with Crippen LogP contribution in [0.25, 0.3) is 0 Å². The fourth-order valence-electron chi connectivity index (χ4n) is 3.07. The molecule has 1 amide bonds. The molecule has 2 fully saturated rings. The smallest absolute Gasteiger partial charge is 0.263 e. The van der Waals surface area contributed by atoms with Crippen LogP contribution in [0.4, 0.5) is 0 Å². The highest BCUT2D eigenvalue weighted by atomic mass is 35.5. The fourth-order valence-corrected chi connectivity index (χ4v) is 3.57. The van der Waals surface area contributed by atoms with Crippen molar-refractivity contribution in [2.75, 3.05) is 19.6 Å². The van der Waals surface area contributed by atoms with Crippen LogP contribution in [-0.2, 0) is 4.79 Å². The highest BCUT2D eigenvalue weighted by Gasteiger charge is 2.28. The van der Waals surface area contributed by atoms with Crippen LogP contribution < -0.4 is 10.1 Å². The third-order valence-corrected chi connectivity index (χ3v) is 5.13. The largest absolute Gasteiger partial charge is 0.481 e. The van der Waals surface area contributed by atoms with Crippen LogP contribution in [0.3, 0.4) is 0 Å². The second kappa shape index (κ2) is 7.94. The number of nitrogens with zero attached hydrogens (tertiary/aromatic N) is 1. The lowest BCUT2D eigenvalue weighted by molar-refractivity contribution is -0.139. The van der Waals surface area contributed by atoms with E-state index >= 15 is 0 Å². The molecule has 0 radical (unpaired) electrons. The Morgan fingerprint density at radius 2 is 1.83 bits per heavy atom. The maximum absolute atomic E-state index is 12.6. The van der Waals surface area contributed by atoms with E-state index < -0.39 is 6.10 Å². The van der Waals surface area contributed by atoms with Crippen LogP contribution in [0.5, 0.6) is 5.75 Å². The summed E-state index contributed by atoms with van der Waals surface area (Å²) >= 11 is 11.9. The summed E-state index contributed by atoms with van der Waals surface area (Å²) in [5.74, 6) is 1.43. The Kier molecular flexibility index (Phi) is 5.90. The van der Waals surface area contributed by atoms with Gasteiger partial charge in [0.2, 0.25) is 0 Å². The number of carbonyl (C=O) groups is 1. The van der Waals surface area contributed by atoms with Crippen molar-refractivity contribution in [2.45, 2.75) is 44.8 Å². The topological polar surface area (TPSA) is 41.6 Å². The molecule has 0 bridgehead atoms. The number of amides is 1. The summed E-state index contributed by atoms with van der Waals surface area (Å²) in [5.41, 5.74) is 0. The van der Waals surface area contributed by atoms with Gasteiger partial charge in [0.15, 0.2) is 6.10 Å². The molecule has 1 N–H and O–H groups in total. The van der Waals surface area contributed by atoms with E-state index in [1.54, 1.807) is 25.1 Å². The quantitative estimate of drug-likeness (QED) is 0.828. The normalized spacial score (nSPS) is 20.0. The Labute approximate surface area is 153 Å². The van der Waals surface area contributed by atoms with Crippen LogP contribution in [-0.4, -0.2) is 42.6 Å². The Hall–Kier alpha value is -0.970. The zero-order valence-electron chi connectivity index (χ0n) is 13.9. The molecule has 0 aromatic heterocycles. The second-order valence-corrected chi connectivity index (χ2v) is 7.69. The number of ether oxygens (including phenoxy) is 1. The minimum absolute atomic E-state index is 0.0201. The monoisotopic (exact) mass is 370 g/mol. The average molecular weight is 371 g/mol. The SMILES string of the molecule is CC(Oc1cc(Cl)cc(Cl)c1)C(=O)N1CCC(NCC2CC2)CC1. The molecule has 132 valence electrons. The summed E-state index contributed by atoms with van der Waals surface area (Å²) in [6.07, 6.45) is 4.21. The van der Waals surface area contributed by atoms with Gasteiger partial charge in [0.05, 0.1) is 0 Å². The Morgan fingerprint density at radius 1 is 1.21 bits per heavy atom. The highest BCUT2D eigenvalue weighted by molar-refractivity contribution is 6.34. The van der Waals surface area contributed by atoms with E-state index in [9.17, 15) is 4.79 Å². The molecular formula is C18H24Cl2N2O2. The van der Waals surface area contributed by atoms with Crippen molar-refractivity contribution >= 4 is 29.1 Å². The van der Waals surface area contributed by atoms with Crippen LogP contribution in [0.2, 0.25) is 10.0 Å². The summed E-state index contributed by atoms with van der Waals surface area (Å²) < 4.78 is 5.73. The number of carbonyl (C=O) groups excluding carboxylic acids is 1. The van der Waals surface area contributed by atoms with E-state index in [4.69, 9.17) is 27.9 Å². The van der Waals surface area contributed by atoms with Gasteiger partial charge in [0.25, 0.3) is 5.91 Å². The van der Waals surface area contributed by atoms with Crippen molar-refractivity contribution in [3.8, 4) is 5.75 Å². The first-order valence-corrected chi connectivity index (χ1v) is 9.42. The number of hydrogen-bond donors (Lipinski definition) is 1. The van der Waals surface area contributed by atoms with Gasteiger partial charge in [-0.05, 0) is 63.3 Å². The van der Waals surface area contributed by atoms with Gasteiger partial charge in [-0.15, -0.1) is 0 Å². The number of likely N-dealkylation sites (tertiary alicyclic amines) is 1. The molecule has 2 aliphatic rings. The van der Waals surface area contributed by atoms with Gasteiger partial charge in [-0.25, -0.2) is 0 Å².